The van der Waals surface area contributed by atoms with Crippen molar-refractivity contribution in [2.45, 2.75) is 6.42 Å². The number of anilines is 2. The Morgan fingerprint density at radius 1 is 1.00 bits per heavy atom. The van der Waals surface area contributed by atoms with Gasteiger partial charge in [-0.25, -0.2) is 8.42 Å². The molecule has 0 aliphatic carbocycles. The molecule has 0 saturated heterocycles. The van der Waals surface area contributed by atoms with Crippen molar-refractivity contribution in [3.8, 4) is 0 Å². The number of sulfonamides is 1. The molecular formula is C16H28N4O3S. The SMILES string of the molecule is CN(C)CCNC(=O)CCN(c1ccc(N(C)C)cc1)S(C)(=O)=O. The molecule has 0 aliphatic rings. The molecule has 1 aromatic rings. The number of hydrogen-bond donors (Lipinski definition) is 1. The fraction of sp³-hybridized carbons (Fsp3) is 0.562. The van der Waals surface area contributed by atoms with E-state index in [2.05, 4.69) is 5.32 Å². The average Bonchev–Trinajstić information content (AvgIpc) is 2.46. The van der Waals surface area contributed by atoms with E-state index in [0.717, 1.165) is 18.5 Å². The van der Waals surface area contributed by atoms with Crippen LogP contribution in [-0.2, 0) is 14.8 Å². The van der Waals surface area contributed by atoms with Crippen molar-refractivity contribution in [3.63, 3.8) is 0 Å². The van der Waals surface area contributed by atoms with Crippen LogP contribution in [0.5, 0.6) is 0 Å². The number of nitrogens with one attached hydrogen (secondary N) is 1. The summed E-state index contributed by atoms with van der Waals surface area (Å²) in [6, 6.07) is 7.20. The molecule has 0 heterocycles. The molecule has 0 radical (unpaired) electrons. The van der Waals surface area contributed by atoms with Gasteiger partial charge in [0.2, 0.25) is 15.9 Å². The molecule has 0 spiro atoms. The molecule has 24 heavy (non-hydrogen) atoms. The van der Waals surface area contributed by atoms with E-state index in [-0.39, 0.29) is 18.9 Å². The van der Waals surface area contributed by atoms with Gasteiger partial charge in [-0.05, 0) is 38.4 Å². The molecule has 1 amide bonds. The molecule has 0 saturated carbocycles. The largest absolute Gasteiger partial charge is 0.378 e. The maximum atomic E-state index is 12.0. The third kappa shape index (κ3) is 6.76. The quantitative estimate of drug-likeness (QED) is 0.701. The molecule has 1 rings (SSSR count). The average molecular weight is 356 g/mol. The van der Waals surface area contributed by atoms with Crippen LogP contribution in [0.15, 0.2) is 24.3 Å². The fourth-order valence-corrected chi connectivity index (χ4v) is 3.04. The maximum absolute atomic E-state index is 12.0. The number of hydrogen-bond acceptors (Lipinski definition) is 5. The summed E-state index contributed by atoms with van der Waals surface area (Å²) in [4.78, 5) is 15.8. The van der Waals surface area contributed by atoms with E-state index in [1.807, 2.05) is 50.1 Å². The Kier molecular flexibility index (Phi) is 7.50. The second-order valence-corrected chi connectivity index (χ2v) is 8.06. The fourth-order valence-electron chi connectivity index (χ4n) is 2.11. The van der Waals surface area contributed by atoms with Gasteiger partial charge in [0.05, 0.1) is 11.9 Å². The molecule has 0 bridgehead atoms. The third-order valence-electron chi connectivity index (χ3n) is 3.48. The second kappa shape index (κ2) is 8.89. The van der Waals surface area contributed by atoms with Crippen molar-refractivity contribution in [1.29, 1.82) is 0 Å². The highest BCUT2D eigenvalue weighted by atomic mass is 32.2. The van der Waals surface area contributed by atoms with Crippen molar-refractivity contribution in [3.05, 3.63) is 24.3 Å². The van der Waals surface area contributed by atoms with Crippen molar-refractivity contribution in [2.75, 3.05) is 63.3 Å². The summed E-state index contributed by atoms with van der Waals surface area (Å²) >= 11 is 0. The van der Waals surface area contributed by atoms with Gasteiger partial charge in [-0.2, -0.15) is 0 Å². The van der Waals surface area contributed by atoms with Gasteiger partial charge in [0, 0.05) is 45.8 Å². The van der Waals surface area contributed by atoms with Crippen LogP contribution < -0.4 is 14.5 Å². The van der Waals surface area contributed by atoms with Crippen molar-refractivity contribution in [2.24, 2.45) is 0 Å². The van der Waals surface area contributed by atoms with E-state index >= 15 is 0 Å². The first-order chi connectivity index (χ1) is 11.1. The molecule has 7 nitrogen and oxygen atoms in total. The number of nitrogens with zero attached hydrogens (tertiary/aromatic N) is 3. The molecule has 8 heteroatoms. The van der Waals surface area contributed by atoms with Gasteiger partial charge in [0.25, 0.3) is 0 Å². The van der Waals surface area contributed by atoms with Crippen molar-refractivity contribution >= 4 is 27.3 Å². The van der Waals surface area contributed by atoms with E-state index < -0.39 is 10.0 Å². The lowest BCUT2D eigenvalue weighted by Gasteiger charge is -2.23. The molecule has 1 N–H and O–H groups in total. The van der Waals surface area contributed by atoms with Gasteiger partial charge in [0.15, 0.2) is 0 Å². The smallest absolute Gasteiger partial charge is 0.232 e. The lowest BCUT2D eigenvalue weighted by molar-refractivity contribution is -0.120. The Labute approximate surface area is 145 Å². The predicted octanol–water partition coefficient (Wildman–Crippen LogP) is 0.587. The number of carbonyl (C=O) groups is 1. The number of carbonyl (C=O) groups excluding carboxylic acids is 1. The van der Waals surface area contributed by atoms with Crippen LogP contribution in [0.25, 0.3) is 0 Å². The minimum atomic E-state index is -3.45. The summed E-state index contributed by atoms with van der Waals surface area (Å²) in [7, 11) is 4.24. The second-order valence-electron chi connectivity index (χ2n) is 6.15. The molecule has 136 valence electrons. The topological polar surface area (TPSA) is 73.0 Å². The van der Waals surface area contributed by atoms with Crippen LogP contribution in [0.2, 0.25) is 0 Å². The lowest BCUT2D eigenvalue weighted by atomic mass is 10.2. The Bertz CT molecular complexity index is 627. The first-order valence-electron chi connectivity index (χ1n) is 7.78. The van der Waals surface area contributed by atoms with E-state index in [0.29, 0.717) is 12.2 Å². The van der Waals surface area contributed by atoms with Gasteiger partial charge < -0.3 is 15.1 Å². The first kappa shape index (κ1) is 20.2. The first-order valence-corrected chi connectivity index (χ1v) is 9.62. The summed E-state index contributed by atoms with van der Waals surface area (Å²) in [5.74, 6) is -0.157. The molecule has 0 atom stereocenters. The number of rotatable bonds is 9. The highest BCUT2D eigenvalue weighted by molar-refractivity contribution is 7.92. The number of likely N-dealkylation sites (N-methyl/N-ethyl adjacent to an activating group) is 1. The highest BCUT2D eigenvalue weighted by Crippen LogP contribution is 2.21. The minimum Gasteiger partial charge on any atom is -0.378 e. The molecule has 0 fully saturated rings. The zero-order valence-electron chi connectivity index (χ0n) is 15.1. The van der Waals surface area contributed by atoms with E-state index in [1.54, 1.807) is 12.1 Å². The normalized spacial score (nSPS) is 11.4. The van der Waals surface area contributed by atoms with E-state index in [1.165, 1.54) is 4.31 Å². The zero-order valence-corrected chi connectivity index (χ0v) is 15.9. The monoisotopic (exact) mass is 356 g/mol. The van der Waals surface area contributed by atoms with Crippen LogP contribution >= 0.6 is 0 Å². The molecule has 0 aromatic heterocycles. The van der Waals surface area contributed by atoms with E-state index in [4.69, 9.17) is 0 Å². The van der Waals surface area contributed by atoms with Gasteiger partial charge >= 0.3 is 0 Å². The summed E-state index contributed by atoms with van der Waals surface area (Å²) in [6.45, 7) is 1.41. The number of benzene rings is 1. The van der Waals surface area contributed by atoms with Crippen molar-refractivity contribution < 1.29 is 13.2 Å². The third-order valence-corrected chi connectivity index (χ3v) is 4.67. The Morgan fingerprint density at radius 2 is 1.54 bits per heavy atom. The Morgan fingerprint density at radius 3 is 2.00 bits per heavy atom. The van der Waals surface area contributed by atoms with E-state index in [9.17, 15) is 13.2 Å². The summed E-state index contributed by atoms with van der Waals surface area (Å²) in [5.41, 5.74) is 1.54. The van der Waals surface area contributed by atoms with Crippen LogP contribution in [0.1, 0.15) is 6.42 Å². The minimum absolute atomic E-state index is 0.119. The summed E-state index contributed by atoms with van der Waals surface area (Å²) in [5, 5.41) is 2.79. The maximum Gasteiger partial charge on any atom is 0.232 e. The predicted molar refractivity (Wildman–Crippen MR) is 99.1 cm³/mol. The van der Waals surface area contributed by atoms with Gasteiger partial charge in [0.1, 0.15) is 0 Å². The number of amides is 1. The Hall–Kier alpha value is -1.80. The lowest BCUT2D eigenvalue weighted by Crippen LogP contribution is -2.36. The Balaban J connectivity index is 2.72. The van der Waals surface area contributed by atoms with Crippen molar-refractivity contribution in [1.82, 2.24) is 10.2 Å². The molecular weight excluding hydrogens is 328 g/mol. The van der Waals surface area contributed by atoms with Crippen LogP contribution in [0.4, 0.5) is 11.4 Å². The van der Waals surface area contributed by atoms with Gasteiger partial charge in [-0.3, -0.25) is 9.10 Å². The summed E-state index contributed by atoms with van der Waals surface area (Å²) < 4.78 is 25.3. The highest BCUT2D eigenvalue weighted by Gasteiger charge is 2.18. The molecule has 0 unspecified atom stereocenters. The zero-order chi connectivity index (χ0) is 18.3. The molecule has 0 aliphatic heterocycles. The van der Waals surface area contributed by atoms with Crippen LogP contribution in [-0.4, -0.2) is 73.3 Å². The standard InChI is InChI=1S/C16H28N4O3S/c1-18(2)13-11-17-16(21)10-12-20(24(5,22)23)15-8-6-14(7-9-15)19(3)4/h6-9H,10-13H2,1-5H3,(H,17,21). The molecule has 1 aromatic carbocycles. The summed E-state index contributed by atoms with van der Waals surface area (Å²) in [6.07, 6.45) is 1.27. The van der Waals surface area contributed by atoms with Gasteiger partial charge in [-0.1, -0.05) is 0 Å². The van der Waals surface area contributed by atoms with Gasteiger partial charge in [-0.15, -0.1) is 0 Å². The van der Waals surface area contributed by atoms with Crippen LogP contribution in [0.3, 0.4) is 0 Å². The van der Waals surface area contributed by atoms with Crippen LogP contribution in [0, 0.1) is 0 Å².